The molecule has 3 rings (SSSR count). The van der Waals surface area contributed by atoms with Crippen LogP contribution < -0.4 is 0 Å². The van der Waals surface area contributed by atoms with E-state index in [1.807, 2.05) is 48.5 Å². The predicted octanol–water partition coefficient (Wildman–Crippen LogP) is 5.08. The highest BCUT2D eigenvalue weighted by atomic mass is 35.5. The van der Waals surface area contributed by atoms with Crippen LogP contribution in [0, 0.1) is 0 Å². The van der Waals surface area contributed by atoms with Gasteiger partial charge in [0.2, 0.25) is 0 Å². The minimum Gasteiger partial charge on any atom is -0.453 e. The smallest absolute Gasteiger partial charge is 0.185 e. The maximum atomic E-state index is 11.2. The summed E-state index contributed by atoms with van der Waals surface area (Å²) >= 11 is 5.87. The molecular formula is C17H11ClO2. The van der Waals surface area contributed by atoms with Crippen LogP contribution in [-0.4, -0.2) is 6.29 Å². The van der Waals surface area contributed by atoms with Crippen molar-refractivity contribution in [1.82, 2.24) is 0 Å². The highest BCUT2D eigenvalue weighted by Gasteiger charge is 2.13. The maximum Gasteiger partial charge on any atom is 0.185 e. The summed E-state index contributed by atoms with van der Waals surface area (Å²) in [5.74, 6) is 0.990. The predicted molar refractivity (Wildman–Crippen MR) is 80.0 cm³/mol. The molecule has 1 aromatic heterocycles. The van der Waals surface area contributed by atoms with E-state index in [2.05, 4.69) is 0 Å². The van der Waals surface area contributed by atoms with Crippen molar-refractivity contribution in [1.29, 1.82) is 0 Å². The largest absolute Gasteiger partial charge is 0.453 e. The molecule has 0 saturated heterocycles. The Morgan fingerprint density at radius 1 is 0.900 bits per heavy atom. The Hall–Kier alpha value is -2.32. The molecule has 3 aromatic rings. The summed E-state index contributed by atoms with van der Waals surface area (Å²) in [6.07, 6.45) is 0.738. The lowest BCUT2D eigenvalue weighted by molar-refractivity contribution is 0.110. The molecule has 2 aromatic carbocycles. The molecule has 0 aliphatic heterocycles. The molecule has 0 saturated carbocycles. The summed E-state index contributed by atoms with van der Waals surface area (Å²) in [5, 5.41) is 0.666. The van der Waals surface area contributed by atoms with Crippen LogP contribution in [0.2, 0.25) is 5.02 Å². The zero-order valence-corrected chi connectivity index (χ0v) is 11.3. The second-order valence-electron chi connectivity index (χ2n) is 4.38. The Morgan fingerprint density at radius 2 is 1.60 bits per heavy atom. The van der Waals surface area contributed by atoms with Crippen molar-refractivity contribution in [2.45, 2.75) is 0 Å². The first-order valence-electron chi connectivity index (χ1n) is 6.18. The Kier molecular flexibility index (Phi) is 3.40. The van der Waals surface area contributed by atoms with Gasteiger partial charge in [0.25, 0.3) is 0 Å². The molecule has 0 radical (unpaired) electrons. The van der Waals surface area contributed by atoms with E-state index in [0.29, 0.717) is 16.5 Å². The third kappa shape index (κ3) is 2.38. The van der Waals surface area contributed by atoms with Gasteiger partial charge in [-0.05, 0) is 35.9 Å². The van der Waals surface area contributed by atoms with E-state index in [0.717, 1.165) is 23.0 Å². The molecule has 0 atom stereocenters. The first-order chi connectivity index (χ1) is 9.78. The summed E-state index contributed by atoms with van der Waals surface area (Å²) in [6, 6.07) is 18.9. The Labute approximate surface area is 121 Å². The SMILES string of the molecule is O=Cc1oc(-c2ccc(Cl)cc2)cc1-c1ccccc1. The van der Waals surface area contributed by atoms with Gasteiger partial charge in [0.05, 0.1) is 0 Å². The van der Waals surface area contributed by atoms with Crippen LogP contribution in [0.3, 0.4) is 0 Å². The summed E-state index contributed by atoms with van der Waals surface area (Å²) in [7, 11) is 0. The number of hydrogen-bond donors (Lipinski definition) is 0. The van der Waals surface area contributed by atoms with Crippen molar-refractivity contribution in [3.05, 3.63) is 71.4 Å². The van der Waals surface area contributed by atoms with E-state index < -0.39 is 0 Å². The van der Waals surface area contributed by atoms with Gasteiger partial charge < -0.3 is 4.42 Å². The van der Waals surface area contributed by atoms with Crippen LogP contribution in [0.1, 0.15) is 10.6 Å². The number of furan rings is 1. The van der Waals surface area contributed by atoms with Crippen LogP contribution in [-0.2, 0) is 0 Å². The lowest BCUT2D eigenvalue weighted by Crippen LogP contribution is -1.79. The zero-order chi connectivity index (χ0) is 13.9. The van der Waals surface area contributed by atoms with Crippen molar-refractivity contribution >= 4 is 17.9 Å². The van der Waals surface area contributed by atoms with Crippen molar-refractivity contribution in [3.63, 3.8) is 0 Å². The van der Waals surface area contributed by atoms with E-state index in [-0.39, 0.29) is 0 Å². The fourth-order valence-corrected chi connectivity index (χ4v) is 2.22. The minimum absolute atomic E-state index is 0.334. The van der Waals surface area contributed by atoms with E-state index in [1.165, 1.54) is 0 Å². The number of aldehydes is 1. The maximum absolute atomic E-state index is 11.2. The molecule has 3 heteroatoms. The fraction of sp³-hybridized carbons (Fsp3) is 0. The molecule has 0 fully saturated rings. The number of carbonyl (C=O) groups is 1. The molecule has 0 aliphatic rings. The zero-order valence-electron chi connectivity index (χ0n) is 10.5. The second kappa shape index (κ2) is 5.35. The van der Waals surface area contributed by atoms with Gasteiger partial charge >= 0.3 is 0 Å². The van der Waals surface area contributed by atoms with Gasteiger partial charge in [-0.3, -0.25) is 4.79 Å². The first kappa shape index (κ1) is 12.7. The standard InChI is InChI=1S/C17H11ClO2/c18-14-8-6-13(7-9-14)16-10-15(17(11-19)20-16)12-4-2-1-3-5-12/h1-11H. The summed E-state index contributed by atoms with van der Waals surface area (Å²) in [6.45, 7) is 0. The third-order valence-electron chi connectivity index (χ3n) is 3.08. The van der Waals surface area contributed by atoms with Crippen molar-refractivity contribution in [2.75, 3.05) is 0 Å². The topological polar surface area (TPSA) is 30.2 Å². The number of hydrogen-bond acceptors (Lipinski definition) is 2. The molecule has 2 nitrogen and oxygen atoms in total. The lowest BCUT2D eigenvalue weighted by atomic mass is 10.1. The van der Waals surface area contributed by atoms with Crippen LogP contribution in [0.25, 0.3) is 22.5 Å². The lowest BCUT2D eigenvalue weighted by Gasteiger charge is -1.96. The normalized spacial score (nSPS) is 10.4. The number of carbonyl (C=O) groups excluding carboxylic acids is 1. The van der Waals surface area contributed by atoms with Crippen LogP contribution >= 0.6 is 11.6 Å². The van der Waals surface area contributed by atoms with Gasteiger partial charge in [0.15, 0.2) is 12.0 Å². The van der Waals surface area contributed by atoms with Crippen molar-refractivity contribution in [3.8, 4) is 22.5 Å². The van der Waals surface area contributed by atoms with Gasteiger partial charge in [0, 0.05) is 16.1 Å². The van der Waals surface area contributed by atoms with E-state index in [4.69, 9.17) is 16.0 Å². The molecule has 0 aliphatic carbocycles. The monoisotopic (exact) mass is 282 g/mol. The highest BCUT2D eigenvalue weighted by molar-refractivity contribution is 6.30. The number of rotatable bonds is 3. The van der Waals surface area contributed by atoms with Crippen LogP contribution in [0.15, 0.2) is 65.1 Å². The third-order valence-corrected chi connectivity index (χ3v) is 3.33. The van der Waals surface area contributed by atoms with Crippen molar-refractivity contribution < 1.29 is 9.21 Å². The van der Waals surface area contributed by atoms with E-state index in [1.54, 1.807) is 12.1 Å². The van der Waals surface area contributed by atoms with Gasteiger partial charge in [-0.25, -0.2) is 0 Å². The summed E-state index contributed by atoms with van der Waals surface area (Å²) in [4.78, 5) is 11.2. The molecule has 0 unspecified atom stereocenters. The van der Waals surface area contributed by atoms with Gasteiger partial charge in [-0.1, -0.05) is 41.9 Å². The Morgan fingerprint density at radius 3 is 2.25 bits per heavy atom. The minimum atomic E-state index is 0.334. The Bertz CT molecular complexity index is 727. The van der Waals surface area contributed by atoms with Crippen molar-refractivity contribution in [2.24, 2.45) is 0 Å². The van der Waals surface area contributed by atoms with Crippen LogP contribution in [0.4, 0.5) is 0 Å². The van der Waals surface area contributed by atoms with E-state index >= 15 is 0 Å². The molecule has 1 heterocycles. The molecule has 98 valence electrons. The average molecular weight is 283 g/mol. The quantitative estimate of drug-likeness (QED) is 0.627. The van der Waals surface area contributed by atoms with Gasteiger partial charge in [-0.15, -0.1) is 0 Å². The highest BCUT2D eigenvalue weighted by Crippen LogP contribution is 2.32. The average Bonchev–Trinajstić information content (AvgIpc) is 2.93. The summed E-state index contributed by atoms with van der Waals surface area (Å²) < 4.78 is 5.63. The Balaban J connectivity index is 2.09. The molecule has 0 bridgehead atoms. The second-order valence-corrected chi connectivity index (χ2v) is 4.82. The molecule has 0 spiro atoms. The molecule has 20 heavy (non-hydrogen) atoms. The van der Waals surface area contributed by atoms with E-state index in [9.17, 15) is 4.79 Å². The summed E-state index contributed by atoms with van der Waals surface area (Å²) in [5.41, 5.74) is 2.64. The number of halogens is 1. The van der Waals surface area contributed by atoms with Crippen LogP contribution in [0.5, 0.6) is 0 Å². The first-order valence-corrected chi connectivity index (χ1v) is 6.56. The van der Waals surface area contributed by atoms with Gasteiger partial charge in [0.1, 0.15) is 5.76 Å². The van der Waals surface area contributed by atoms with Gasteiger partial charge in [-0.2, -0.15) is 0 Å². The molecular weight excluding hydrogens is 272 g/mol. The fourth-order valence-electron chi connectivity index (χ4n) is 2.09. The molecule has 0 N–H and O–H groups in total. The molecule has 0 amide bonds. The number of benzene rings is 2.